The number of hydrogen-bond acceptors (Lipinski definition) is 4. The monoisotopic (exact) mass is 333 g/mol. The van der Waals surface area contributed by atoms with Gasteiger partial charge in [-0.1, -0.05) is 12.1 Å². The van der Waals surface area contributed by atoms with Crippen LogP contribution < -0.4 is 15.0 Å². The van der Waals surface area contributed by atoms with Gasteiger partial charge in [-0.2, -0.15) is 0 Å². The molecule has 1 aliphatic heterocycles. The highest BCUT2D eigenvalue weighted by Gasteiger charge is 2.14. The van der Waals surface area contributed by atoms with Crippen LogP contribution in [-0.4, -0.2) is 38.3 Å². The van der Waals surface area contributed by atoms with Crippen LogP contribution in [0.4, 0.5) is 5.82 Å². The number of rotatable bonds is 4. The van der Waals surface area contributed by atoms with Crippen LogP contribution in [0, 0.1) is 0 Å². The van der Waals surface area contributed by atoms with E-state index in [-0.39, 0.29) is 12.4 Å². The summed E-state index contributed by atoms with van der Waals surface area (Å²) in [7, 11) is 3.99. The average Bonchev–Trinajstić information content (AvgIpc) is 2.57. The summed E-state index contributed by atoms with van der Waals surface area (Å²) in [4.78, 5) is 6.46. The normalized spacial score (nSPS) is 14.9. The molecule has 23 heavy (non-hydrogen) atoms. The topological polar surface area (TPSA) is 37.4 Å². The number of halogens is 1. The minimum absolute atomic E-state index is 0. The maximum atomic E-state index is 6.03. The van der Waals surface area contributed by atoms with Crippen molar-refractivity contribution in [2.75, 3.05) is 32.1 Å². The zero-order valence-corrected chi connectivity index (χ0v) is 14.5. The van der Waals surface area contributed by atoms with Crippen LogP contribution in [0.15, 0.2) is 42.6 Å². The smallest absolute Gasteiger partial charge is 0.127 e. The SMILES string of the molecule is CN(C)c1ccc(-c2ccc(OC3CCNCC3)cc2)cn1.Cl. The van der Waals surface area contributed by atoms with Crippen molar-refractivity contribution in [1.29, 1.82) is 0 Å². The molecule has 1 aromatic carbocycles. The molecule has 4 nitrogen and oxygen atoms in total. The zero-order chi connectivity index (χ0) is 15.4. The van der Waals surface area contributed by atoms with Gasteiger partial charge in [0.1, 0.15) is 17.7 Å². The van der Waals surface area contributed by atoms with Crippen molar-refractivity contribution in [3.8, 4) is 16.9 Å². The van der Waals surface area contributed by atoms with Crippen molar-refractivity contribution in [2.45, 2.75) is 18.9 Å². The molecule has 1 fully saturated rings. The lowest BCUT2D eigenvalue weighted by Gasteiger charge is -2.23. The zero-order valence-electron chi connectivity index (χ0n) is 13.7. The van der Waals surface area contributed by atoms with Crippen molar-refractivity contribution in [3.05, 3.63) is 42.6 Å². The van der Waals surface area contributed by atoms with Crippen molar-refractivity contribution >= 4 is 18.2 Å². The van der Waals surface area contributed by atoms with E-state index in [2.05, 4.69) is 40.6 Å². The van der Waals surface area contributed by atoms with Crippen molar-refractivity contribution in [3.63, 3.8) is 0 Å². The third-order valence-electron chi connectivity index (χ3n) is 3.98. The average molecular weight is 334 g/mol. The first kappa shape index (κ1) is 17.6. The number of hydrogen-bond donors (Lipinski definition) is 1. The maximum absolute atomic E-state index is 6.03. The van der Waals surface area contributed by atoms with E-state index >= 15 is 0 Å². The second-order valence-electron chi connectivity index (χ2n) is 5.89. The number of aromatic nitrogens is 1. The predicted octanol–water partition coefficient (Wildman–Crippen LogP) is 3.37. The number of piperidine rings is 1. The molecule has 0 bridgehead atoms. The molecular formula is C18H24ClN3O. The Hall–Kier alpha value is -1.78. The van der Waals surface area contributed by atoms with Gasteiger partial charge in [-0.15, -0.1) is 12.4 Å². The fourth-order valence-corrected chi connectivity index (χ4v) is 2.65. The molecule has 0 atom stereocenters. The van der Waals surface area contributed by atoms with Crippen LogP contribution in [0.25, 0.3) is 11.1 Å². The maximum Gasteiger partial charge on any atom is 0.127 e. The lowest BCUT2D eigenvalue weighted by molar-refractivity contribution is 0.162. The molecular weight excluding hydrogens is 310 g/mol. The first-order valence-corrected chi connectivity index (χ1v) is 7.83. The van der Waals surface area contributed by atoms with Crippen molar-refractivity contribution < 1.29 is 4.74 Å². The Kier molecular flexibility index (Phi) is 6.25. The Labute approximate surface area is 144 Å². The third kappa shape index (κ3) is 4.60. The van der Waals surface area contributed by atoms with Gasteiger partial charge in [-0.3, -0.25) is 0 Å². The summed E-state index contributed by atoms with van der Waals surface area (Å²) in [6.45, 7) is 2.10. The largest absolute Gasteiger partial charge is 0.490 e. The van der Waals surface area contributed by atoms with Gasteiger partial charge >= 0.3 is 0 Å². The second-order valence-corrected chi connectivity index (χ2v) is 5.89. The van der Waals surface area contributed by atoms with E-state index in [1.54, 1.807) is 0 Å². The molecule has 0 radical (unpaired) electrons. The highest BCUT2D eigenvalue weighted by molar-refractivity contribution is 5.85. The van der Waals surface area contributed by atoms with Crippen molar-refractivity contribution in [1.82, 2.24) is 10.3 Å². The van der Waals surface area contributed by atoms with Gasteiger partial charge in [0.05, 0.1) is 0 Å². The molecule has 124 valence electrons. The summed E-state index contributed by atoms with van der Waals surface area (Å²) in [5, 5.41) is 3.35. The van der Waals surface area contributed by atoms with Crippen molar-refractivity contribution in [2.24, 2.45) is 0 Å². The van der Waals surface area contributed by atoms with Gasteiger partial charge in [0.25, 0.3) is 0 Å². The molecule has 0 saturated carbocycles. The summed E-state index contributed by atoms with van der Waals surface area (Å²) >= 11 is 0. The number of nitrogens with zero attached hydrogens (tertiary/aromatic N) is 2. The van der Waals surface area contributed by atoms with E-state index in [9.17, 15) is 0 Å². The minimum Gasteiger partial charge on any atom is -0.490 e. The minimum atomic E-state index is 0. The van der Waals surface area contributed by atoms with Gasteiger partial charge in [-0.25, -0.2) is 4.98 Å². The predicted molar refractivity (Wildman–Crippen MR) is 97.8 cm³/mol. The molecule has 3 rings (SSSR count). The molecule has 0 amide bonds. The molecule has 2 aromatic rings. The van der Waals surface area contributed by atoms with E-state index in [1.165, 1.54) is 0 Å². The Balaban J connectivity index is 0.00000192. The molecule has 1 aromatic heterocycles. The summed E-state index contributed by atoms with van der Waals surface area (Å²) in [6.07, 6.45) is 4.42. The molecule has 0 aliphatic carbocycles. The lowest BCUT2D eigenvalue weighted by Crippen LogP contribution is -2.34. The fourth-order valence-electron chi connectivity index (χ4n) is 2.65. The second kappa shape index (κ2) is 8.18. The van der Waals surface area contributed by atoms with E-state index in [0.29, 0.717) is 6.10 Å². The summed E-state index contributed by atoms with van der Waals surface area (Å²) < 4.78 is 6.03. The lowest BCUT2D eigenvalue weighted by atomic mass is 10.1. The van der Waals surface area contributed by atoms with E-state index in [0.717, 1.165) is 48.6 Å². The summed E-state index contributed by atoms with van der Waals surface area (Å²) in [6, 6.07) is 12.4. The molecule has 1 saturated heterocycles. The Bertz CT molecular complexity index is 593. The van der Waals surface area contributed by atoms with Gasteiger partial charge in [-0.05, 0) is 55.8 Å². The quantitative estimate of drug-likeness (QED) is 0.931. The van der Waals surface area contributed by atoms with Crippen LogP contribution in [0.5, 0.6) is 5.75 Å². The van der Waals surface area contributed by atoms with Gasteiger partial charge < -0.3 is 15.0 Å². The third-order valence-corrected chi connectivity index (χ3v) is 3.98. The van der Waals surface area contributed by atoms with E-state index in [4.69, 9.17) is 4.74 Å². The molecule has 1 N–H and O–H groups in total. The standard InChI is InChI=1S/C18H23N3O.ClH/c1-21(2)18-8-5-15(13-20-18)14-3-6-16(7-4-14)22-17-9-11-19-12-10-17;/h3-8,13,17,19H,9-12H2,1-2H3;1H. The van der Waals surface area contributed by atoms with E-state index < -0.39 is 0 Å². The van der Waals surface area contributed by atoms with Crippen LogP contribution >= 0.6 is 12.4 Å². The molecule has 5 heteroatoms. The van der Waals surface area contributed by atoms with Crippen LogP contribution in [0.3, 0.4) is 0 Å². The fraction of sp³-hybridized carbons (Fsp3) is 0.389. The molecule has 0 spiro atoms. The molecule has 1 aliphatic rings. The Morgan fingerprint density at radius 2 is 1.65 bits per heavy atom. The Morgan fingerprint density at radius 1 is 1.00 bits per heavy atom. The van der Waals surface area contributed by atoms with Gasteiger partial charge in [0.2, 0.25) is 0 Å². The van der Waals surface area contributed by atoms with Gasteiger partial charge in [0.15, 0.2) is 0 Å². The number of nitrogens with one attached hydrogen (secondary N) is 1. The summed E-state index contributed by atoms with van der Waals surface area (Å²) in [5.74, 6) is 1.92. The number of pyridine rings is 1. The Morgan fingerprint density at radius 3 is 2.22 bits per heavy atom. The highest BCUT2D eigenvalue weighted by Crippen LogP contribution is 2.24. The van der Waals surface area contributed by atoms with Crippen LogP contribution in [0.2, 0.25) is 0 Å². The molecule has 0 unspecified atom stereocenters. The summed E-state index contributed by atoms with van der Waals surface area (Å²) in [5.41, 5.74) is 2.29. The van der Waals surface area contributed by atoms with Gasteiger partial charge in [0, 0.05) is 25.9 Å². The number of anilines is 1. The first-order valence-electron chi connectivity index (χ1n) is 7.83. The first-order chi connectivity index (χ1) is 10.7. The highest BCUT2D eigenvalue weighted by atomic mass is 35.5. The van der Waals surface area contributed by atoms with Crippen LogP contribution in [0.1, 0.15) is 12.8 Å². The van der Waals surface area contributed by atoms with E-state index in [1.807, 2.05) is 31.3 Å². The number of benzene rings is 1. The number of ether oxygens (including phenoxy) is 1. The molecule has 2 heterocycles. The van der Waals surface area contributed by atoms with Crippen LogP contribution in [-0.2, 0) is 0 Å².